The number of hydrogen-bond acceptors (Lipinski definition) is 8. The molecule has 0 aromatic carbocycles. The van der Waals surface area contributed by atoms with Gasteiger partial charge in [0.2, 0.25) is 6.29 Å². The second-order valence-electron chi connectivity index (χ2n) is 2.71. The van der Waals surface area contributed by atoms with Crippen LogP contribution in [0.3, 0.4) is 0 Å². The average Bonchev–Trinajstić information content (AvgIpc) is 2.29. The minimum atomic E-state index is -0.527. The molecule has 0 aromatic heterocycles. The van der Waals surface area contributed by atoms with Crippen LogP contribution in [0.4, 0.5) is 0 Å². The first-order chi connectivity index (χ1) is 7.85. The Balaban J connectivity index is 3.58. The largest absolute Gasteiger partial charge is 0.370 e. The van der Waals surface area contributed by atoms with E-state index in [1.165, 1.54) is 0 Å². The maximum atomic E-state index is 5.14. The van der Waals surface area contributed by atoms with E-state index in [4.69, 9.17) is 23.9 Å². The Morgan fingerprint density at radius 3 is 1.75 bits per heavy atom. The first-order valence-electron chi connectivity index (χ1n) is 4.79. The van der Waals surface area contributed by atoms with Gasteiger partial charge in [-0.2, -0.15) is 11.0 Å². The van der Waals surface area contributed by atoms with E-state index in [9.17, 15) is 0 Å². The molecular weight excluding hydrogens is 218 g/mol. The van der Waals surface area contributed by atoms with Gasteiger partial charge >= 0.3 is 0 Å². The zero-order chi connectivity index (χ0) is 12.1. The SMILES string of the molecule is COCNCC(ONCOC)ONCOC. The lowest BCUT2D eigenvalue weighted by Gasteiger charge is -2.18. The summed E-state index contributed by atoms with van der Waals surface area (Å²) in [6, 6.07) is 0. The van der Waals surface area contributed by atoms with Gasteiger partial charge in [-0.1, -0.05) is 0 Å². The van der Waals surface area contributed by atoms with E-state index in [-0.39, 0.29) is 13.5 Å². The van der Waals surface area contributed by atoms with Gasteiger partial charge in [-0.25, -0.2) is 0 Å². The molecule has 0 fully saturated rings. The van der Waals surface area contributed by atoms with Crippen LogP contribution >= 0.6 is 0 Å². The van der Waals surface area contributed by atoms with Crippen LogP contribution in [0.1, 0.15) is 0 Å². The van der Waals surface area contributed by atoms with Crippen molar-refractivity contribution in [3.8, 4) is 0 Å². The second kappa shape index (κ2) is 12.7. The van der Waals surface area contributed by atoms with Crippen molar-refractivity contribution in [1.82, 2.24) is 16.3 Å². The molecule has 0 atom stereocenters. The summed E-state index contributed by atoms with van der Waals surface area (Å²) in [5.74, 6) is 0. The number of ether oxygens (including phenoxy) is 3. The Morgan fingerprint density at radius 2 is 1.31 bits per heavy atom. The van der Waals surface area contributed by atoms with Crippen LogP contribution in [0, 0.1) is 0 Å². The number of methoxy groups -OCH3 is 3. The van der Waals surface area contributed by atoms with Crippen molar-refractivity contribution in [2.24, 2.45) is 0 Å². The Labute approximate surface area is 95.4 Å². The molecule has 3 N–H and O–H groups in total. The van der Waals surface area contributed by atoms with E-state index >= 15 is 0 Å². The fourth-order valence-electron chi connectivity index (χ4n) is 0.758. The lowest BCUT2D eigenvalue weighted by Crippen LogP contribution is -2.40. The van der Waals surface area contributed by atoms with Crippen LogP contribution < -0.4 is 16.3 Å². The molecule has 98 valence electrons. The van der Waals surface area contributed by atoms with Gasteiger partial charge in [0.05, 0.1) is 13.3 Å². The van der Waals surface area contributed by atoms with Gasteiger partial charge in [-0.15, -0.1) is 0 Å². The van der Waals surface area contributed by atoms with Crippen molar-refractivity contribution >= 4 is 0 Å². The Kier molecular flexibility index (Phi) is 12.5. The predicted octanol–water partition coefficient (Wildman–Crippen LogP) is -1.24. The first-order valence-corrected chi connectivity index (χ1v) is 4.79. The van der Waals surface area contributed by atoms with Crippen molar-refractivity contribution in [2.45, 2.75) is 6.29 Å². The molecule has 8 nitrogen and oxygen atoms in total. The summed E-state index contributed by atoms with van der Waals surface area (Å²) >= 11 is 0. The number of hydrogen-bond donors (Lipinski definition) is 3. The monoisotopic (exact) mass is 239 g/mol. The molecule has 8 heteroatoms. The molecule has 0 aliphatic carbocycles. The Bertz CT molecular complexity index is 117. The van der Waals surface area contributed by atoms with E-state index in [0.29, 0.717) is 13.3 Å². The fraction of sp³-hybridized carbons (Fsp3) is 1.00. The molecule has 0 saturated carbocycles. The van der Waals surface area contributed by atoms with Gasteiger partial charge in [0.25, 0.3) is 0 Å². The zero-order valence-corrected chi connectivity index (χ0v) is 9.95. The highest BCUT2D eigenvalue weighted by Crippen LogP contribution is 1.88. The number of nitrogens with one attached hydrogen (secondary N) is 3. The molecule has 0 rings (SSSR count). The lowest BCUT2D eigenvalue weighted by molar-refractivity contribution is -0.227. The van der Waals surface area contributed by atoms with Gasteiger partial charge in [0.1, 0.15) is 13.5 Å². The molecule has 0 spiro atoms. The van der Waals surface area contributed by atoms with Crippen molar-refractivity contribution in [3.05, 3.63) is 0 Å². The average molecular weight is 239 g/mol. The summed E-state index contributed by atoms with van der Waals surface area (Å²) in [5, 5.41) is 2.96. The van der Waals surface area contributed by atoms with Crippen LogP contribution in [0.2, 0.25) is 0 Å². The van der Waals surface area contributed by atoms with Crippen molar-refractivity contribution in [3.63, 3.8) is 0 Å². The summed E-state index contributed by atoms with van der Waals surface area (Å²) in [6.07, 6.45) is -0.527. The van der Waals surface area contributed by atoms with E-state index < -0.39 is 6.29 Å². The van der Waals surface area contributed by atoms with E-state index in [2.05, 4.69) is 16.3 Å². The summed E-state index contributed by atoms with van der Waals surface area (Å²) in [5.41, 5.74) is 5.16. The molecule has 0 saturated heterocycles. The van der Waals surface area contributed by atoms with Gasteiger partial charge < -0.3 is 14.2 Å². The highest BCUT2D eigenvalue weighted by atomic mass is 16.8. The Hall–Kier alpha value is -0.320. The highest BCUT2D eigenvalue weighted by molar-refractivity contribution is 4.45. The van der Waals surface area contributed by atoms with Gasteiger partial charge in [0, 0.05) is 21.3 Å². The van der Waals surface area contributed by atoms with Crippen molar-refractivity contribution in [1.29, 1.82) is 0 Å². The van der Waals surface area contributed by atoms with Crippen molar-refractivity contribution < 1.29 is 23.9 Å². The van der Waals surface area contributed by atoms with Crippen LogP contribution in [0.5, 0.6) is 0 Å². The Morgan fingerprint density at radius 1 is 0.812 bits per heavy atom. The van der Waals surface area contributed by atoms with Crippen LogP contribution in [-0.2, 0) is 23.9 Å². The first kappa shape index (κ1) is 15.7. The third kappa shape index (κ3) is 10.2. The maximum Gasteiger partial charge on any atom is 0.209 e. The second-order valence-corrected chi connectivity index (χ2v) is 2.71. The van der Waals surface area contributed by atoms with Crippen LogP contribution in [0.15, 0.2) is 0 Å². The standard InChI is InChI=1S/C8H21N3O5/c1-12-5-9-4-8(15-10-6-13-2)16-11-7-14-3/h8-11H,4-7H2,1-3H3. The normalized spacial score (nSPS) is 11.2. The summed E-state index contributed by atoms with van der Waals surface area (Å²) < 4.78 is 14.4. The van der Waals surface area contributed by atoms with E-state index in [1.54, 1.807) is 21.3 Å². The van der Waals surface area contributed by atoms with Gasteiger partial charge in [-0.3, -0.25) is 15.0 Å². The van der Waals surface area contributed by atoms with Gasteiger partial charge in [0.15, 0.2) is 0 Å². The zero-order valence-electron chi connectivity index (χ0n) is 9.95. The molecule has 0 aliphatic heterocycles. The quantitative estimate of drug-likeness (QED) is 0.221. The maximum absolute atomic E-state index is 5.14. The summed E-state index contributed by atoms with van der Waals surface area (Å²) in [7, 11) is 4.70. The fourth-order valence-corrected chi connectivity index (χ4v) is 0.758. The molecule has 0 radical (unpaired) electrons. The third-order valence-electron chi connectivity index (χ3n) is 1.39. The topological polar surface area (TPSA) is 82.2 Å². The molecule has 0 bridgehead atoms. The minimum Gasteiger partial charge on any atom is -0.370 e. The molecule has 0 unspecified atom stereocenters. The van der Waals surface area contributed by atoms with Gasteiger partial charge in [-0.05, 0) is 0 Å². The lowest BCUT2D eigenvalue weighted by atomic mass is 10.6. The molecule has 0 amide bonds. The van der Waals surface area contributed by atoms with Crippen LogP contribution in [0.25, 0.3) is 0 Å². The molecule has 0 heterocycles. The molecule has 16 heavy (non-hydrogen) atoms. The van der Waals surface area contributed by atoms with Crippen molar-refractivity contribution in [2.75, 3.05) is 48.1 Å². The third-order valence-corrected chi connectivity index (χ3v) is 1.39. The number of rotatable bonds is 12. The molecular formula is C8H21N3O5. The van der Waals surface area contributed by atoms with Crippen LogP contribution in [-0.4, -0.2) is 54.4 Å². The highest BCUT2D eigenvalue weighted by Gasteiger charge is 2.09. The number of hydroxylamine groups is 2. The molecule has 0 aliphatic rings. The molecule has 0 aromatic rings. The summed E-state index contributed by atoms with van der Waals surface area (Å²) in [4.78, 5) is 10.3. The predicted molar refractivity (Wildman–Crippen MR) is 55.9 cm³/mol. The van der Waals surface area contributed by atoms with E-state index in [0.717, 1.165) is 0 Å². The minimum absolute atomic E-state index is 0.272. The summed E-state index contributed by atoms with van der Waals surface area (Å²) in [6.45, 7) is 1.40. The van der Waals surface area contributed by atoms with E-state index in [1.807, 2.05) is 0 Å². The smallest absolute Gasteiger partial charge is 0.209 e.